The van der Waals surface area contributed by atoms with E-state index in [-0.39, 0.29) is 11.8 Å². The maximum Gasteiger partial charge on any atom is 0.255 e. The molecule has 0 saturated carbocycles. The molecule has 0 bridgehead atoms. The van der Waals surface area contributed by atoms with Gasteiger partial charge in [-0.2, -0.15) is 0 Å². The predicted molar refractivity (Wildman–Crippen MR) is 116 cm³/mol. The Bertz CT molecular complexity index is 860. The number of ether oxygens (including phenoxy) is 1. The zero-order valence-corrected chi connectivity index (χ0v) is 17.2. The van der Waals surface area contributed by atoms with Crippen LogP contribution in [0.3, 0.4) is 0 Å². The average Bonchev–Trinajstić information content (AvgIpc) is 3.26. The first kappa shape index (κ1) is 20.9. The molecule has 6 nitrogen and oxygen atoms in total. The van der Waals surface area contributed by atoms with Crippen molar-refractivity contribution in [3.05, 3.63) is 59.2 Å². The molecular weight excluding hydrogens is 366 g/mol. The highest BCUT2D eigenvalue weighted by molar-refractivity contribution is 6.07. The monoisotopic (exact) mass is 395 g/mol. The summed E-state index contributed by atoms with van der Waals surface area (Å²) in [6.07, 6.45) is 3.01. The fraction of sp³-hybridized carbons (Fsp3) is 0.391. The van der Waals surface area contributed by atoms with E-state index >= 15 is 0 Å². The van der Waals surface area contributed by atoms with E-state index in [1.807, 2.05) is 37.3 Å². The Balaban J connectivity index is 1.80. The third kappa shape index (κ3) is 5.35. The summed E-state index contributed by atoms with van der Waals surface area (Å²) in [5.41, 5.74) is 3.66. The zero-order chi connectivity index (χ0) is 20.6. The number of hydrogen-bond donors (Lipinski definition) is 2. The first-order valence-corrected chi connectivity index (χ1v) is 10.1. The van der Waals surface area contributed by atoms with E-state index < -0.39 is 0 Å². The summed E-state index contributed by atoms with van der Waals surface area (Å²) >= 11 is 0. The van der Waals surface area contributed by atoms with Crippen LogP contribution in [0.2, 0.25) is 0 Å². The van der Waals surface area contributed by atoms with E-state index in [0.29, 0.717) is 30.0 Å². The molecule has 1 aliphatic heterocycles. The number of anilines is 2. The second-order valence-corrected chi connectivity index (χ2v) is 7.30. The number of nitrogens with zero attached hydrogens (tertiary/aromatic N) is 1. The van der Waals surface area contributed by atoms with Crippen molar-refractivity contribution in [2.24, 2.45) is 0 Å². The standard InChI is InChI=1S/C23H29N3O3/c1-17-8-3-4-9-19(17)23(28)25-18-10-11-21(26-13-5-6-14-26)20(16-18)22(27)24-12-7-15-29-2/h3-4,8-11,16H,5-7,12-15H2,1-2H3,(H,24,27)(H,25,28). The molecule has 6 heteroatoms. The van der Waals surface area contributed by atoms with Crippen molar-refractivity contribution in [1.29, 1.82) is 0 Å². The largest absolute Gasteiger partial charge is 0.385 e. The van der Waals surface area contributed by atoms with Crippen LogP contribution in [0, 0.1) is 6.92 Å². The number of methoxy groups -OCH3 is 1. The highest BCUT2D eigenvalue weighted by Gasteiger charge is 2.20. The third-order valence-electron chi connectivity index (χ3n) is 5.15. The normalized spacial score (nSPS) is 13.4. The number of amides is 2. The molecule has 2 N–H and O–H groups in total. The number of aryl methyl sites for hydroxylation is 1. The number of hydrogen-bond acceptors (Lipinski definition) is 4. The van der Waals surface area contributed by atoms with E-state index in [9.17, 15) is 9.59 Å². The van der Waals surface area contributed by atoms with Gasteiger partial charge in [0.15, 0.2) is 0 Å². The van der Waals surface area contributed by atoms with Gasteiger partial charge >= 0.3 is 0 Å². The number of nitrogens with one attached hydrogen (secondary N) is 2. The lowest BCUT2D eigenvalue weighted by Gasteiger charge is -2.22. The lowest BCUT2D eigenvalue weighted by molar-refractivity contribution is 0.0947. The van der Waals surface area contributed by atoms with Crippen LogP contribution in [0.4, 0.5) is 11.4 Å². The number of rotatable bonds is 8. The molecule has 154 valence electrons. The summed E-state index contributed by atoms with van der Waals surface area (Å²) in [7, 11) is 1.65. The quantitative estimate of drug-likeness (QED) is 0.670. The van der Waals surface area contributed by atoms with Crippen molar-refractivity contribution >= 4 is 23.2 Å². The van der Waals surface area contributed by atoms with E-state index in [1.54, 1.807) is 19.2 Å². The van der Waals surface area contributed by atoms with Crippen LogP contribution in [-0.4, -0.2) is 45.2 Å². The molecule has 29 heavy (non-hydrogen) atoms. The molecule has 1 saturated heterocycles. The molecule has 3 rings (SSSR count). The molecule has 2 amide bonds. The minimum absolute atomic E-state index is 0.130. The SMILES string of the molecule is COCCCNC(=O)c1cc(NC(=O)c2ccccc2C)ccc1N1CCCC1. The van der Waals surface area contributed by atoms with Gasteiger partial charge in [-0.3, -0.25) is 9.59 Å². The Morgan fingerprint density at radius 2 is 1.79 bits per heavy atom. The van der Waals surface area contributed by atoms with Crippen LogP contribution >= 0.6 is 0 Å². The van der Waals surface area contributed by atoms with Crippen LogP contribution in [-0.2, 0) is 4.74 Å². The van der Waals surface area contributed by atoms with E-state index in [0.717, 1.165) is 43.6 Å². The molecule has 0 unspecified atom stereocenters. The molecule has 0 aromatic heterocycles. The molecular formula is C23H29N3O3. The van der Waals surface area contributed by atoms with E-state index in [1.165, 1.54) is 0 Å². The molecule has 2 aromatic rings. The van der Waals surface area contributed by atoms with Crippen LogP contribution in [0.15, 0.2) is 42.5 Å². The molecule has 1 aliphatic rings. The summed E-state index contributed by atoms with van der Waals surface area (Å²) in [5, 5.41) is 5.89. The number of benzene rings is 2. The summed E-state index contributed by atoms with van der Waals surface area (Å²) < 4.78 is 5.04. The van der Waals surface area contributed by atoms with Gasteiger partial charge in [0.05, 0.1) is 5.56 Å². The van der Waals surface area contributed by atoms with Crippen molar-refractivity contribution in [3.63, 3.8) is 0 Å². The summed E-state index contributed by atoms with van der Waals surface area (Å²) in [6.45, 7) is 4.94. The van der Waals surface area contributed by atoms with Gasteiger partial charge in [-0.15, -0.1) is 0 Å². The molecule has 0 spiro atoms. The van der Waals surface area contributed by atoms with Gasteiger partial charge in [-0.05, 0) is 56.0 Å². The third-order valence-corrected chi connectivity index (χ3v) is 5.15. The van der Waals surface area contributed by atoms with E-state index in [2.05, 4.69) is 15.5 Å². The highest BCUT2D eigenvalue weighted by Crippen LogP contribution is 2.28. The first-order valence-electron chi connectivity index (χ1n) is 10.1. The fourth-order valence-corrected chi connectivity index (χ4v) is 3.57. The Morgan fingerprint density at radius 1 is 1.03 bits per heavy atom. The van der Waals surface area contributed by atoms with Gasteiger partial charge < -0.3 is 20.3 Å². The van der Waals surface area contributed by atoms with Crippen LogP contribution in [0.5, 0.6) is 0 Å². The molecule has 0 radical (unpaired) electrons. The topological polar surface area (TPSA) is 70.7 Å². The maximum absolute atomic E-state index is 12.9. The smallest absolute Gasteiger partial charge is 0.255 e. The minimum atomic E-state index is -0.177. The van der Waals surface area contributed by atoms with Gasteiger partial charge in [0.25, 0.3) is 11.8 Å². The van der Waals surface area contributed by atoms with Crippen molar-refractivity contribution in [2.75, 3.05) is 43.6 Å². The Hall–Kier alpha value is -2.86. The average molecular weight is 396 g/mol. The Labute approximate surface area is 172 Å². The second-order valence-electron chi connectivity index (χ2n) is 7.30. The number of carbonyl (C=O) groups excluding carboxylic acids is 2. The molecule has 2 aromatic carbocycles. The lowest BCUT2D eigenvalue weighted by Crippen LogP contribution is -2.29. The molecule has 1 heterocycles. The van der Waals surface area contributed by atoms with Crippen molar-refractivity contribution in [2.45, 2.75) is 26.2 Å². The maximum atomic E-state index is 12.9. The first-order chi connectivity index (χ1) is 14.1. The van der Waals surface area contributed by atoms with E-state index in [4.69, 9.17) is 4.74 Å². The van der Waals surface area contributed by atoms with Crippen LogP contribution < -0.4 is 15.5 Å². The van der Waals surface area contributed by atoms with Crippen molar-refractivity contribution < 1.29 is 14.3 Å². The zero-order valence-electron chi connectivity index (χ0n) is 17.2. The molecule has 0 atom stereocenters. The van der Waals surface area contributed by atoms with Gasteiger partial charge in [0.1, 0.15) is 0 Å². The lowest BCUT2D eigenvalue weighted by atomic mass is 10.1. The van der Waals surface area contributed by atoms with Gasteiger partial charge in [0.2, 0.25) is 0 Å². The van der Waals surface area contributed by atoms with Crippen LogP contribution in [0.25, 0.3) is 0 Å². The van der Waals surface area contributed by atoms with Gasteiger partial charge in [0, 0.05) is 50.3 Å². The summed E-state index contributed by atoms with van der Waals surface area (Å²) in [5.74, 6) is -0.307. The highest BCUT2D eigenvalue weighted by atomic mass is 16.5. The summed E-state index contributed by atoms with van der Waals surface area (Å²) in [6, 6.07) is 13.0. The fourth-order valence-electron chi connectivity index (χ4n) is 3.57. The van der Waals surface area contributed by atoms with Crippen molar-refractivity contribution in [1.82, 2.24) is 5.32 Å². The van der Waals surface area contributed by atoms with Crippen LogP contribution in [0.1, 0.15) is 45.5 Å². The van der Waals surface area contributed by atoms with Gasteiger partial charge in [-0.25, -0.2) is 0 Å². The van der Waals surface area contributed by atoms with Crippen molar-refractivity contribution in [3.8, 4) is 0 Å². The minimum Gasteiger partial charge on any atom is -0.385 e. The predicted octanol–water partition coefficient (Wildman–Crippen LogP) is 3.61. The summed E-state index contributed by atoms with van der Waals surface area (Å²) in [4.78, 5) is 27.8. The second kappa shape index (κ2) is 10.1. The molecule has 1 fully saturated rings. The number of carbonyl (C=O) groups is 2. The molecule has 0 aliphatic carbocycles. The van der Waals surface area contributed by atoms with Gasteiger partial charge in [-0.1, -0.05) is 18.2 Å². The Kier molecular flexibility index (Phi) is 7.25. The Morgan fingerprint density at radius 3 is 2.52 bits per heavy atom.